The molecule has 0 fully saturated rings. The maximum absolute atomic E-state index is 13.8. The van der Waals surface area contributed by atoms with Crippen LogP contribution in [0.15, 0.2) is 40.9 Å². The van der Waals surface area contributed by atoms with Gasteiger partial charge in [-0.15, -0.1) is 0 Å². The number of halogens is 1. The maximum Gasteiger partial charge on any atom is 0.226 e. The zero-order valence-electron chi connectivity index (χ0n) is 11.4. The molecule has 0 saturated carbocycles. The van der Waals surface area contributed by atoms with Crippen LogP contribution < -0.4 is 0 Å². The summed E-state index contributed by atoms with van der Waals surface area (Å²) in [5.74, 6) is 0.734. The van der Waals surface area contributed by atoms with Crippen LogP contribution in [0.5, 0.6) is 0 Å². The van der Waals surface area contributed by atoms with E-state index < -0.39 is 0 Å². The fourth-order valence-electron chi connectivity index (χ4n) is 2.31. The van der Waals surface area contributed by atoms with Crippen molar-refractivity contribution in [3.05, 3.63) is 48.1 Å². The van der Waals surface area contributed by atoms with Crippen molar-refractivity contribution in [2.75, 3.05) is 6.61 Å². The number of aromatic nitrogens is 2. The molecule has 0 aliphatic rings. The number of rotatable bonds is 5. The van der Waals surface area contributed by atoms with Crippen LogP contribution >= 0.6 is 0 Å². The van der Waals surface area contributed by atoms with Crippen LogP contribution in [0.3, 0.4) is 0 Å². The maximum atomic E-state index is 13.8. The molecular weight excluding hydrogens is 271 g/mol. The number of hydrogen-bond acceptors (Lipinski definition) is 4. The van der Waals surface area contributed by atoms with Gasteiger partial charge >= 0.3 is 0 Å². The summed E-state index contributed by atoms with van der Waals surface area (Å²) in [6, 6.07) is 10.3. The van der Waals surface area contributed by atoms with Crippen molar-refractivity contribution in [2.24, 2.45) is 0 Å². The minimum atomic E-state index is -0.263. The molecule has 0 saturated heterocycles. The number of benzene rings is 2. The number of nitrogens with zero attached hydrogens (tertiary/aromatic N) is 2. The first kappa shape index (κ1) is 13.7. The molecule has 3 rings (SSSR count). The van der Waals surface area contributed by atoms with Crippen molar-refractivity contribution in [2.45, 2.75) is 19.3 Å². The summed E-state index contributed by atoms with van der Waals surface area (Å²) in [6.45, 7) is 0.156. The average molecular weight is 286 g/mol. The molecule has 0 spiro atoms. The number of aliphatic hydroxyl groups is 1. The van der Waals surface area contributed by atoms with Crippen LogP contribution in [0.2, 0.25) is 0 Å². The number of aliphatic hydroxyl groups excluding tert-OH is 1. The molecule has 1 heterocycles. The monoisotopic (exact) mass is 286 g/mol. The Labute approximate surface area is 121 Å². The van der Waals surface area contributed by atoms with Crippen molar-refractivity contribution in [3.63, 3.8) is 0 Å². The Morgan fingerprint density at radius 3 is 2.67 bits per heavy atom. The third-order valence-electron chi connectivity index (χ3n) is 3.38. The largest absolute Gasteiger partial charge is 0.396 e. The molecule has 0 amide bonds. The van der Waals surface area contributed by atoms with E-state index >= 15 is 0 Å². The third-order valence-corrected chi connectivity index (χ3v) is 3.38. The summed E-state index contributed by atoms with van der Waals surface area (Å²) in [4.78, 5) is 4.35. The fraction of sp³-hybridized carbons (Fsp3) is 0.250. The van der Waals surface area contributed by atoms with E-state index in [1.807, 2.05) is 12.1 Å². The molecule has 0 atom stereocenters. The quantitative estimate of drug-likeness (QED) is 0.731. The van der Waals surface area contributed by atoms with E-state index in [1.54, 1.807) is 18.2 Å². The van der Waals surface area contributed by atoms with Crippen molar-refractivity contribution >= 4 is 10.8 Å². The van der Waals surface area contributed by atoms with Crippen LogP contribution in [-0.4, -0.2) is 21.9 Å². The van der Waals surface area contributed by atoms with Gasteiger partial charge in [0.1, 0.15) is 5.82 Å². The lowest BCUT2D eigenvalue weighted by Crippen LogP contribution is -1.90. The van der Waals surface area contributed by atoms with Crippen molar-refractivity contribution in [3.8, 4) is 11.4 Å². The molecule has 5 heteroatoms. The van der Waals surface area contributed by atoms with Crippen LogP contribution in [0, 0.1) is 5.82 Å². The molecule has 1 aromatic heterocycles. The van der Waals surface area contributed by atoms with Gasteiger partial charge in [0, 0.05) is 24.0 Å². The van der Waals surface area contributed by atoms with E-state index in [9.17, 15) is 4.39 Å². The molecule has 0 aliphatic carbocycles. The number of unbranched alkanes of at least 4 members (excludes halogenated alkanes) is 1. The molecule has 0 aliphatic heterocycles. The number of aryl methyl sites for hydroxylation is 1. The number of hydrogen-bond donors (Lipinski definition) is 1. The summed E-state index contributed by atoms with van der Waals surface area (Å²) < 4.78 is 19.0. The highest BCUT2D eigenvalue weighted by Gasteiger charge is 2.13. The zero-order valence-corrected chi connectivity index (χ0v) is 11.4. The summed E-state index contributed by atoms with van der Waals surface area (Å²) in [5.41, 5.74) is 0.754. The Morgan fingerprint density at radius 2 is 1.86 bits per heavy atom. The molecule has 0 radical (unpaired) electrons. The smallest absolute Gasteiger partial charge is 0.226 e. The molecule has 21 heavy (non-hydrogen) atoms. The van der Waals surface area contributed by atoms with Crippen LogP contribution in [-0.2, 0) is 6.42 Å². The second kappa shape index (κ2) is 6.01. The van der Waals surface area contributed by atoms with Gasteiger partial charge in [-0.25, -0.2) is 4.39 Å². The molecule has 0 unspecified atom stereocenters. The summed E-state index contributed by atoms with van der Waals surface area (Å²) in [5, 5.41) is 14.1. The van der Waals surface area contributed by atoms with Gasteiger partial charge in [-0.3, -0.25) is 0 Å². The van der Waals surface area contributed by atoms with Gasteiger partial charge in [0.25, 0.3) is 0 Å². The Hall–Kier alpha value is -2.27. The fourth-order valence-corrected chi connectivity index (χ4v) is 2.31. The normalized spacial score (nSPS) is 11.1. The molecule has 1 N–H and O–H groups in total. The second-order valence-electron chi connectivity index (χ2n) is 4.83. The van der Waals surface area contributed by atoms with Gasteiger partial charge in [-0.2, -0.15) is 4.98 Å². The van der Waals surface area contributed by atoms with Crippen molar-refractivity contribution in [1.29, 1.82) is 0 Å². The lowest BCUT2D eigenvalue weighted by Gasteiger charge is -2.03. The van der Waals surface area contributed by atoms with Crippen LogP contribution in [0.1, 0.15) is 18.7 Å². The molecular formula is C16H15FN2O2. The first-order chi connectivity index (χ1) is 10.3. The van der Waals surface area contributed by atoms with Gasteiger partial charge in [0.05, 0.1) is 0 Å². The Morgan fingerprint density at radius 1 is 1.05 bits per heavy atom. The third kappa shape index (κ3) is 2.78. The Balaban J connectivity index is 1.96. The predicted octanol–water partition coefficient (Wildman–Crippen LogP) is 3.34. The van der Waals surface area contributed by atoms with Gasteiger partial charge in [-0.05, 0) is 30.4 Å². The van der Waals surface area contributed by atoms with Gasteiger partial charge in [0.2, 0.25) is 11.7 Å². The molecule has 4 nitrogen and oxygen atoms in total. The van der Waals surface area contributed by atoms with E-state index in [0.717, 1.165) is 17.4 Å². The van der Waals surface area contributed by atoms with E-state index in [2.05, 4.69) is 10.1 Å². The zero-order chi connectivity index (χ0) is 14.7. The van der Waals surface area contributed by atoms with Crippen molar-refractivity contribution in [1.82, 2.24) is 10.1 Å². The second-order valence-corrected chi connectivity index (χ2v) is 4.83. The predicted molar refractivity (Wildman–Crippen MR) is 77.2 cm³/mol. The van der Waals surface area contributed by atoms with Gasteiger partial charge in [0.15, 0.2) is 0 Å². The van der Waals surface area contributed by atoms with Gasteiger partial charge in [-0.1, -0.05) is 29.4 Å². The highest BCUT2D eigenvalue weighted by atomic mass is 19.1. The first-order valence-corrected chi connectivity index (χ1v) is 6.90. The Kier molecular flexibility index (Phi) is 3.92. The highest BCUT2D eigenvalue weighted by Crippen LogP contribution is 2.28. The summed E-state index contributed by atoms with van der Waals surface area (Å²) in [6.07, 6.45) is 2.13. The van der Waals surface area contributed by atoms with Crippen LogP contribution in [0.25, 0.3) is 22.2 Å². The summed E-state index contributed by atoms with van der Waals surface area (Å²) >= 11 is 0. The minimum Gasteiger partial charge on any atom is -0.396 e. The topological polar surface area (TPSA) is 59.2 Å². The minimum absolute atomic E-state index is 0.156. The average Bonchev–Trinajstić information content (AvgIpc) is 2.97. The van der Waals surface area contributed by atoms with Crippen LogP contribution in [0.4, 0.5) is 4.39 Å². The standard InChI is InChI=1S/C16H15FN2O2/c17-14-9-8-13(11-5-1-2-6-12(11)14)16-18-15(21-19-16)7-3-4-10-20/h1-2,5-6,8-9,20H,3-4,7,10H2. The Bertz CT molecular complexity index is 755. The first-order valence-electron chi connectivity index (χ1n) is 6.90. The van der Waals surface area contributed by atoms with E-state index in [-0.39, 0.29) is 12.4 Å². The molecule has 108 valence electrons. The molecule has 0 bridgehead atoms. The SMILES string of the molecule is OCCCCc1nc(-c2ccc(F)c3ccccc23)no1. The van der Waals surface area contributed by atoms with Crippen molar-refractivity contribution < 1.29 is 14.0 Å². The summed E-state index contributed by atoms with van der Waals surface area (Å²) in [7, 11) is 0. The number of fused-ring (bicyclic) bond motifs is 1. The molecule has 2 aromatic carbocycles. The van der Waals surface area contributed by atoms with E-state index in [0.29, 0.717) is 29.9 Å². The molecule has 3 aromatic rings. The lowest BCUT2D eigenvalue weighted by atomic mass is 10.0. The van der Waals surface area contributed by atoms with E-state index in [1.165, 1.54) is 6.07 Å². The highest BCUT2D eigenvalue weighted by molar-refractivity contribution is 5.95. The lowest BCUT2D eigenvalue weighted by molar-refractivity contribution is 0.281. The van der Waals surface area contributed by atoms with Gasteiger partial charge < -0.3 is 9.63 Å². The van der Waals surface area contributed by atoms with E-state index in [4.69, 9.17) is 9.63 Å².